The van der Waals surface area contributed by atoms with Crippen LogP contribution in [0.25, 0.3) is 10.9 Å². The molecule has 90 valence electrons. The summed E-state index contributed by atoms with van der Waals surface area (Å²) in [4.78, 5) is 14.5. The summed E-state index contributed by atoms with van der Waals surface area (Å²) in [6.45, 7) is -0.396. The summed E-state index contributed by atoms with van der Waals surface area (Å²) in [5, 5.41) is 9.83. The van der Waals surface area contributed by atoms with Gasteiger partial charge in [0.05, 0.1) is 5.02 Å². The second-order valence-electron chi connectivity index (χ2n) is 3.13. The minimum Gasteiger partial charge on any atom is -0.480 e. The molecule has 0 saturated carbocycles. The molecule has 3 N–H and O–H groups in total. The first-order valence-corrected chi connectivity index (χ1v) is 4.94. The molecule has 6 heteroatoms. The number of aliphatic carboxylic acids is 1. The van der Waals surface area contributed by atoms with Crippen LogP contribution >= 0.6 is 11.6 Å². The van der Waals surface area contributed by atoms with Gasteiger partial charge >= 0.3 is 5.97 Å². The van der Waals surface area contributed by atoms with Crippen molar-refractivity contribution in [1.29, 1.82) is 0 Å². The molecule has 0 aliphatic heterocycles. The third kappa shape index (κ3) is 2.83. The Balaban J connectivity index is 0.00000144. The zero-order valence-corrected chi connectivity index (χ0v) is 9.44. The van der Waals surface area contributed by atoms with Crippen LogP contribution < -0.4 is 4.74 Å². The first-order chi connectivity index (χ1) is 7.68. The molecule has 0 aliphatic rings. The highest BCUT2D eigenvalue weighted by Crippen LogP contribution is 2.29. The van der Waals surface area contributed by atoms with Gasteiger partial charge in [0, 0.05) is 11.6 Å². The van der Waals surface area contributed by atoms with Crippen molar-refractivity contribution in [2.75, 3.05) is 6.61 Å². The topological polar surface area (TPSA) is 90.9 Å². The van der Waals surface area contributed by atoms with Gasteiger partial charge < -0.3 is 15.3 Å². The summed E-state index contributed by atoms with van der Waals surface area (Å²) < 4.78 is 5.12. The maximum absolute atomic E-state index is 10.4. The van der Waals surface area contributed by atoms with E-state index in [9.17, 15) is 4.79 Å². The summed E-state index contributed by atoms with van der Waals surface area (Å²) in [5.74, 6) is -0.610. The predicted octanol–water partition coefficient (Wildman–Crippen LogP) is 1.53. The Bertz CT molecular complexity index is 544. The number of aromatic nitrogens is 1. The molecule has 1 heterocycles. The molecule has 0 spiro atoms. The van der Waals surface area contributed by atoms with E-state index in [2.05, 4.69) is 4.98 Å². The average Bonchev–Trinajstić information content (AvgIpc) is 2.28. The highest BCUT2D eigenvalue weighted by molar-refractivity contribution is 6.35. The standard InChI is InChI=1S/C11H8ClNO3.H2O/c12-8-3-4-9(16-6-10(14)15)11-7(8)2-1-5-13-11;/h1-5H,6H2,(H,14,15);1H2. The number of carbonyl (C=O) groups is 1. The SMILES string of the molecule is O.O=C(O)COc1ccc(Cl)c2cccnc12. The molecule has 0 radical (unpaired) electrons. The van der Waals surface area contributed by atoms with Crippen molar-refractivity contribution in [3.63, 3.8) is 0 Å². The van der Waals surface area contributed by atoms with Crippen LogP contribution in [0.1, 0.15) is 0 Å². The molecule has 0 amide bonds. The number of benzene rings is 1. The van der Waals surface area contributed by atoms with E-state index in [1.54, 1.807) is 30.5 Å². The zero-order valence-electron chi connectivity index (χ0n) is 8.68. The summed E-state index contributed by atoms with van der Waals surface area (Å²) in [6.07, 6.45) is 1.60. The number of nitrogens with zero attached hydrogens (tertiary/aromatic N) is 1. The Hall–Kier alpha value is -1.85. The van der Waals surface area contributed by atoms with Crippen LogP contribution in [0.15, 0.2) is 30.5 Å². The summed E-state index contributed by atoms with van der Waals surface area (Å²) in [5.41, 5.74) is 0.566. The van der Waals surface area contributed by atoms with Gasteiger partial charge in [0.2, 0.25) is 0 Å². The fourth-order valence-electron chi connectivity index (χ4n) is 1.37. The Morgan fingerprint density at radius 2 is 2.18 bits per heavy atom. The number of rotatable bonds is 3. The maximum atomic E-state index is 10.4. The van der Waals surface area contributed by atoms with Gasteiger partial charge in [-0.3, -0.25) is 4.98 Å². The zero-order chi connectivity index (χ0) is 11.5. The van der Waals surface area contributed by atoms with Crippen molar-refractivity contribution in [2.24, 2.45) is 0 Å². The average molecular weight is 256 g/mol. The molecule has 0 bridgehead atoms. The van der Waals surface area contributed by atoms with Gasteiger partial charge in [-0.15, -0.1) is 0 Å². The molecule has 0 aliphatic carbocycles. The molecular weight excluding hydrogens is 246 g/mol. The summed E-state index contributed by atoms with van der Waals surface area (Å²) in [7, 11) is 0. The van der Waals surface area contributed by atoms with E-state index in [-0.39, 0.29) is 5.48 Å². The molecule has 0 atom stereocenters. The number of fused-ring (bicyclic) bond motifs is 1. The first kappa shape index (κ1) is 13.2. The lowest BCUT2D eigenvalue weighted by Crippen LogP contribution is -2.09. The van der Waals surface area contributed by atoms with E-state index in [1.165, 1.54) is 0 Å². The van der Waals surface area contributed by atoms with Crippen LogP contribution in [0.5, 0.6) is 5.75 Å². The van der Waals surface area contributed by atoms with Crippen LogP contribution in [-0.2, 0) is 4.79 Å². The second kappa shape index (κ2) is 5.47. The monoisotopic (exact) mass is 255 g/mol. The molecule has 0 saturated heterocycles. The minimum absolute atomic E-state index is 0. The normalized spacial score (nSPS) is 9.71. The Labute approximate surface area is 102 Å². The quantitative estimate of drug-likeness (QED) is 0.900. The lowest BCUT2D eigenvalue weighted by atomic mass is 10.2. The largest absolute Gasteiger partial charge is 0.480 e. The number of pyridine rings is 1. The summed E-state index contributed by atoms with van der Waals surface area (Å²) in [6, 6.07) is 6.83. The number of ether oxygens (including phenoxy) is 1. The van der Waals surface area contributed by atoms with Crippen molar-refractivity contribution in [2.45, 2.75) is 0 Å². The van der Waals surface area contributed by atoms with Gasteiger partial charge in [0.25, 0.3) is 0 Å². The molecule has 0 unspecified atom stereocenters. The third-order valence-electron chi connectivity index (χ3n) is 2.03. The molecule has 1 aromatic carbocycles. The number of carboxylic acids is 1. The van der Waals surface area contributed by atoms with E-state index in [0.29, 0.717) is 16.3 Å². The van der Waals surface area contributed by atoms with Crippen LogP contribution in [0.4, 0.5) is 0 Å². The van der Waals surface area contributed by atoms with Crippen molar-refractivity contribution < 1.29 is 20.1 Å². The van der Waals surface area contributed by atoms with Gasteiger partial charge in [-0.2, -0.15) is 0 Å². The molecule has 2 aromatic rings. The van der Waals surface area contributed by atoms with Crippen molar-refractivity contribution in [3.05, 3.63) is 35.5 Å². The van der Waals surface area contributed by atoms with Crippen molar-refractivity contribution >= 4 is 28.5 Å². The molecule has 0 fully saturated rings. The minimum atomic E-state index is -1.03. The van der Waals surface area contributed by atoms with Gasteiger partial charge in [0.1, 0.15) is 11.3 Å². The fourth-order valence-corrected chi connectivity index (χ4v) is 1.58. The molecule has 17 heavy (non-hydrogen) atoms. The number of carboxylic acid groups (broad SMARTS) is 1. The van der Waals surface area contributed by atoms with Crippen LogP contribution in [0.3, 0.4) is 0 Å². The second-order valence-corrected chi connectivity index (χ2v) is 3.53. The van der Waals surface area contributed by atoms with Crippen molar-refractivity contribution in [3.8, 4) is 5.75 Å². The highest BCUT2D eigenvalue weighted by atomic mass is 35.5. The molecule has 1 aromatic heterocycles. The Morgan fingerprint density at radius 1 is 1.41 bits per heavy atom. The third-order valence-corrected chi connectivity index (χ3v) is 2.36. The van der Waals surface area contributed by atoms with Gasteiger partial charge in [-0.05, 0) is 24.3 Å². The van der Waals surface area contributed by atoms with E-state index in [4.69, 9.17) is 21.4 Å². The fraction of sp³-hybridized carbons (Fsp3) is 0.0909. The van der Waals surface area contributed by atoms with Gasteiger partial charge in [0.15, 0.2) is 6.61 Å². The number of hydrogen-bond acceptors (Lipinski definition) is 3. The molecule has 5 nitrogen and oxygen atoms in total. The van der Waals surface area contributed by atoms with Crippen molar-refractivity contribution in [1.82, 2.24) is 4.98 Å². The molecule has 2 rings (SSSR count). The Kier molecular flexibility index (Phi) is 4.25. The highest BCUT2D eigenvalue weighted by Gasteiger charge is 2.07. The predicted molar refractivity (Wildman–Crippen MR) is 63.5 cm³/mol. The number of halogens is 1. The van der Waals surface area contributed by atoms with Gasteiger partial charge in [-0.1, -0.05) is 11.6 Å². The van der Waals surface area contributed by atoms with E-state index < -0.39 is 12.6 Å². The van der Waals surface area contributed by atoms with Gasteiger partial charge in [-0.25, -0.2) is 4.79 Å². The number of hydrogen-bond donors (Lipinski definition) is 1. The lowest BCUT2D eigenvalue weighted by Gasteiger charge is -2.07. The smallest absolute Gasteiger partial charge is 0.341 e. The summed E-state index contributed by atoms with van der Waals surface area (Å²) >= 11 is 5.98. The van der Waals surface area contributed by atoms with E-state index >= 15 is 0 Å². The van der Waals surface area contributed by atoms with Crippen LogP contribution in [0, 0.1) is 0 Å². The van der Waals surface area contributed by atoms with E-state index in [0.717, 1.165) is 5.39 Å². The maximum Gasteiger partial charge on any atom is 0.341 e. The molecular formula is C11H10ClNO4. The van der Waals surface area contributed by atoms with Crippen LogP contribution in [0.2, 0.25) is 5.02 Å². The van der Waals surface area contributed by atoms with Crippen LogP contribution in [-0.4, -0.2) is 28.1 Å². The Morgan fingerprint density at radius 3 is 2.88 bits per heavy atom. The van der Waals surface area contributed by atoms with E-state index in [1.807, 2.05) is 0 Å². The first-order valence-electron chi connectivity index (χ1n) is 4.56. The lowest BCUT2D eigenvalue weighted by molar-refractivity contribution is -0.139.